The molecule has 2 aromatic heterocycles. The van der Waals surface area contributed by atoms with Crippen molar-refractivity contribution in [2.45, 2.75) is 0 Å². The largest absolute Gasteiger partial charge is 0.150 e. The van der Waals surface area contributed by atoms with Crippen molar-refractivity contribution in [3.05, 3.63) is 57.6 Å². The molecule has 0 saturated heterocycles. The molecule has 0 atom stereocenters. The van der Waals surface area contributed by atoms with E-state index in [1.54, 1.807) is 11.3 Å². The van der Waals surface area contributed by atoms with Crippen LogP contribution in [0.2, 0.25) is 0 Å². The topological polar surface area (TPSA) is 0 Å². The molecule has 0 unspecified atom stereocenters. The van der Waals surface area contributed by atoms with Gasteiger partial charge in [0.1, 0.15) is 0 Å². The zero-order valence-electron chi connectivity index (χ0n) is 8.59. The first-order valence-corrected chi connectivity index (χ1v) is 6.87. The van der Waals surface area contributed by atoms with Crippen LogP contribution < -0.4 is 0 Å². The van der Waals surface area contributed by atoms with Crippen LogP contribution in [0.25, 0.3) is 22.2 Å². The molecule has 78 valence electrons. The van der Waals surface area contributed by atoms with Crippen molar-refractivity contribution in [3.8, 4) is 0 Å². The van der Waals surface area contributed by atoms with Crippen LogP contribution >= 0.6 is 22.7 Å². The minimum Gasteiger partial charge on any atom is -0.150 e. The van der Waals surface area contributed by atoms with Gasteiger partial charge >= 0.3 is 0 Å². The summed E-state index contributed by atoms with van der Waals surface area (Å²) in [5.74, 6) is 0. The van der Waals surface area contributed by atoms with Crippen LogP contribution in [0.4, 0.5) is 0 Å². The number of hydrogen-bond acceptors (Lipinski definition) is 2. The summed E-state index contributed by atoms with van der Waals surface area (Å²) >= 11 is 3.62. The molecular weight excluding hydrogens is 232 g/mol. The van der Waals surface area contributed by atoms with Crippen molar-refractivity contribution in [3.63, 3.8) is 0 Å². The second-order valence-electron chi connectivity index (χ2n) is 3.58. The van der Waals surface area contributed by atoms with Gasteiger partial charge in [0.05, 0.1) is 0 Å². The van der Waals surface area contributed by atoms with Gasteiger partial charge in [-0.05, 0) is 23.1 Å². The minimum atomic E-state index is 1.25. The molecule has 2 heterocycles. The van der Waals surface area contributed by atoms with Gasteiger partial charge in [-0.25, -0.2) is 0 Å². The molecule has 0 N–H and O–H groups in total. The highest BCUT2D eigenvalue weighted by molar-refractivity contribution is 7.23. The van der Waals surface area contributed by atoms with Gasteiger partial charge in [-0.2, -0.15) is 11.3 Å². The first-order chi connectivity index (χ1) is 7.92. The molecule has 0 saturated carbocycles. The minimum absolute atomic E-state index is 1.25. The average Bonchev–Trinajstić information content (AvgIpc) is 2.88. The van der Waals surface area contributed by atoms with Crippen LogP contribution in [-0.4, -0.2) is 0 Å². The molecule has 0 aliphatic heterocycles. The van der Waals surface area contributed by atoms with Crippen molar-refractivity contribution in [1.82, 2.24) is 0 Å². The van der Waals surface area contributed by atoms with Gasteiger partial charge in [0.15, 0.2) is 0 Å². The zero-order valence-corrected chi connectivity index (χ0v) is 10.2. The van der Waals surface area contributed by atoms with Crippen LogP contribution in [0.1, 0.15) is 10.4 Å². The fraction of sp³-hybridized carbons (Fsp3) is 0. The van der Waals surface area contributed by atoms with Crippen LogP contribution in [0, 0.1) is 0 Å². The first kappa shape index (κ1) is 9.82. The summed E-state index contributed by atoms with van der Waals surface area (Å²) < 4.78 is 1.39. The number of benzene rings is 1. The van der Waals surface area contributed by atoms with E-state index in [1.165, 1.54) is 20.5 Å². The summed E-state index contributed by atoms with van der Waals surface area (Å²) in [6.45, 7) is 0. The van der Waals surface area contributed by atoms with Gasteiger partial charge in [-0.1, -0.05) is 36.4 Å². The van der Waals surface area contributed by atoms with Crippen molar-refractivity contribution < 1.29 is 0 Å². The third kappa shape index (κ3) is 1.94. The summed E-state index contributed by atoms with van der Waals surface area (Å²) in [7, 11) is 0. The number of rotatable bonds is 2. The van der Waals surface area contributed by atoms with Gasteiger partial charge < -0.3 is 0 Å². The summed E-state index contributed by atoms with van der Waals surface area (Å²) in [6, 6.07) is 12.6. The van der Waals surface area contributed by atoms with Crippen LogP contribution in [-0.2, 0) is 0 Å². The molecule has 0 aliphatic rings. The van der Waals surface area contributed by atoms with E-state index < -0.39 is 0 Å². The Morgan fingerprint density at radius 2 is 1.81 bits per heavy atom. The molecule has 3 rings (SSSR count). The Kier molecular flexibility index (Phi) is 2.60. The molecule has 3 aromatic rings. The molecule has 0 fully saturated rings. The van der Waals surface area contributed by atoms with E-state index in [0.717, 1.165) is 0 Å². The highest BCUT2D eigenvalue weighted by Crippen LogP contribution is 2.29. The van der Waals surface area contributed by atoms with E-state index in [4.69, 9.17) is 0 Å². The fourth-order valence-corrected chi connectivity index (χ4v) is 3.53. The molecule has 1 aromatic carbocycles. The maximum atomic E-state index is 2.25. The second kappa shape index (κ2) is 4.24. The molecule has 0 amide bonds. The lowest BCUT2D eigenvalue weighted by molar-refractivity contribution is 1.67. The number of fused-ring (bicyclic) bond motifs is 1. The Morgan fingerprint density at radius 3 is 2.62 bits per heavy atom. The summed E-state index contributed by atoms with van der Waals surface area (Å²) in [6.07, 6.45) is 4.35. The standard InChI is InChI=1S/C14H10S2/c1-2-4-11(5-3-1)6-7-13-8-12-9-15-10-14(12)16-13/h1-10H/b7-6+. The van der Waals surface area contributed by atoms with Crippen molar-refractivity contribution >= 4 is 44.9 Å². The number of thiophene rings is 2. The maximum Gasteiger partial charge on any atom is 0.0456 e. The van der Waals surface area contributed by atoms with Crippen LogP contribution in [0.3, 0.4) is 0 Å². The van der Waals surface area contributed by atoms with Crippen molar-refractivity contribution in [2.75, 3.05) is 0 Å². The number of hydrogen-bond donors (Lipinski definition) is 0. The zero-order chi connectivity index (χ0) is 10.8. The fourth-order valence-electron chi connectivity index (χ4n) is 1.62. The van der Waals surface area contributed by atoms with Crippen molar-refractivity contribution in [1.29, 1.82) is 0 Å². The third-order valence-electron chi connectivity index (χ3n) is 2.42. The summed E-state index contributed by atoms with van der Waals surface area (Å²) in [5.41, 5.74) is 1.25. The summed E-state index contributed by atoms with van der Waals surface area (Å²) in [4.78, 5) is 1.32. The Morgan fingerprint density at radius 1 is 0.938 bits per heavy atom. The molecule has 0 spiro atoms. The highest BCUT2D eigenvalue weighted by atomic mass is 32.1. The van der Waals surface area contributed by atoms with Gasteiger partial charge in [0.2, 0.25) is 0 Å². The molecule has 0 bridgehead atoms. The van der Waals surface area contributed by atoms with E-state index in [-0.39, 0.29) is 0 Å². The van der Waals surface area contributed by atoms with Gasteiger partial charge in [0, 0.05) is 20.3 Å². The smallest absolute Gasteiger partial charge is 0.0456 e. The monoisotopic (exact) mass is 242 g/mol. The molecule has 0 aliphatic carbocycles. The highest BCUT2D eigenvalue weighted by Gasteiger charge is 1.98. The molecular formula is C14H10S2. The van der Waals surface area contributed by atoms with Crippen molar-refractivity contribution in [2.24, 2.45) is 0 Å². The first-order valence-electron chi connectivity index (χ1n) is 5.11. The Bertz CT molecular complexity index is 586. The lowest BCUT2D eigenvalue weighted by atomic mass is 10.2. The summed E-state index contributed by atoms with van der Waals surface area (Å²) in [5, 5.41) is 5.77. The quantitative estimate of drug-likeness (QED) is 0.584. The predicted octanol–water partition coefficient (Wildman–Crippen LogP) is 5.13. The van der Waals surface area contributed by atoms with E-state index in [9.17, 15) is 0 Å². The average molecular weight is 242 g/mol. The lowest BCUT2D eigenvalue weighted by Gasteiger charge is -1.89. The lowest BCUT2D eigenvalue weighted by Crippen LogP contribution is -1.67. The van der Waals surface area contributed by atoms with E-state index in [0.29, 0.717) is 0 Å². The van der Waals surface area contributed by atoms with Gasteiger partial charge in [0.25, 0.3) is 0 Å². The normalized spacial score (nSPS) is 11.5. The van der Waals surface area contributed by atoms with Gasteiger partial charge in [-0.3, -0.25) is 0 Å². The molecule has 16 heavy (non-hydrogen) atoms. The Labute approximate surface area is 102 Å². The van der Waals surface area contributed by atoms with E-state index in [2.05, 4.69) is 53.2 Å². The van der Waals surface area contributed by atoms with E-state index in [1.807, 2.05) is 17.4 Å². The molecule has 0 nitrogen and oxygen atoms in total. The molecule has 0 radical (unpaired) electrons. The van der Waals surface area contributed by atoms with E-state index >= 15 is 0 Å². The van der Waals surface area contributed by atoms with Gasteiger partial charge in [-0.15, -0.1) is 11.3 Å². The second-order valence-corrected chi connectivity index (χ2v) is 5.44. The Hall–Kier alpha value is -1.38. The predicted molar refractivity (Wildman–Crippen MR) is 75.1 cm³/mol. The van der Waals surface area contributed by atoms with Crippen LogP contribution in [0.15, 0.2) is 47.2 Å². The third-order valence-corrected chi connectivity index (χ3v) is 4.39. The molecule has 2 heteroatoms. The SMILES string of the molecule is C(=C\c1cc2cscc2s1)/c1ccccc1. The van der Waals surface area contributed by atoms with Crippen LogP contribution in [0.5, 0.6) is 0 Å². The Balaban J connectivity index is 1.90. The maximum absolute atomic E-state index is 2.25.